The maximum atomic E-state index is 5.75. The predicted octanol–water partition coefficient (Wildman–Crippen LogP) is 2.03. The molecule has 3 aliphatic heterocycles. The molecule has 1 aromatic rings. The van der Waals surface area contributed by atoms with Crippen LogP contribution in [-0.4, -0.2) is 54.2 Å². The van der Waals surface area contributed by atoms with Crippen LogP contribution in [0.25, 0.3) is 0 Å². The quantitative estimate of drug-likeness (QED) is 0.844. The van der Waals surface area contributed by atoms with Gasteiger partial charge in [-0.25, -0.2) is 0 Å². The van der Waals surface area contributed by atoms with E-state index in [4.69, 9.17) is 9.15 Å². The number of likely N-dealkylation sites (tertiary alicyclic amines) is 2. The Morgan fingerprint density at radius 1 is 1.15 bits per heavy atom. The molecule has 3 atom stereocenters. The van der Waals surface area contributed by atoms with Crippen molar-refractivity contribution in [2.75, 3.05) is 26.3 Å². The maximum absolute atomic E-state index is 5.75. The van der Waals surface area contributed by atoms with Gasteiger partial charge in [-0.3, -0.25) is 9.80 Å². The molecule has 0 unspecified atom stereocenters. The fraction of sp³-hybridized carbons (Fsp3) is 0.750. The van der Waals surface area contributed by atoms with Crippen LogP contribution in [0.3, 0.4) is 0 Å². The first-order valence-corrected chi connectivity index (χ1v) is 7.94. The average Bonchev–Trinajstić information content (AvgIpc) is 3.16. The van der Waals surface area contributed by atoms with Crippen molar-refractivity contribution in [1.82, 2.24) is 9.80 Å². The molecule has 20 heavy (non-hydrogen) atoms. The Hall–Kier alpha value is -0.840. The fourth-order valence-electron chi connectivity index (χ4n) is 4.31. The minimum Gasteiger partial charge on any atom is -0.465 e. The molecule has 3 saturated heterocycles. The van der Waals surface area contributed by atoms with Gasteiger partial charge < -0.3 is 9.15 Å². The van der Waals surface area contributed by atoms with E-state index in [1.807, 2.05) is 6.92 Å². The van der Waals surface area contributed by atoms with Gasteiger partial charge in [-0.1, -0.05) is 0 Å². The zero-order valence-electron chi connectivity index (χ0n) is 12.3. The van der Waals surface area contributed by atoms with Crippen molar-refractivity contribution >= 4 is 0 Å². The van der Waals surface area contributed by atoms with E-state index >= 15 is 0 Å². The third-order valence-corrected chi connectivity index (χ3v) is 5.26. The maximum Gasteiger partial charge on any atom is 0.118 e. The van der Waals surface area contributed by atoms with E-state index in [0.29, 0.717) is 6.04 Å². The third kappa shape index (κ3) is 2.20. The summed E-state index contributed by atoms with van der Waals surface area (Å²) in [6.07, 6.45) is 3.84. The zero-order chi connectivity index (χ0) is 13.5. The highest BCUT2D eigenvalue weighted by molar-refractivity contribution is 5.08. The summed E-state index contributed by atoms with van der Waals surface area (Å²) in [5.74, 6) is 2.14. The fourth-order valence-corrected chi connectivity index (χ4v) is 4.31. The van der Waals surface area contributed by atoms with Crippen LogP contribution in [0.1, 0.15) is 30.8 Å². The Morgan fingerprint density at radius 3 is 2.80 bits per heavy atom. The van der Waals surface area contributed by atoms with Crippen molar-refractivity contribution in [2.24, 2.45) is 0 Å². The molecular weight excluding hydrogens is 252 g/mol. The van der Waals surface area contributed by atoms with Crippen molar-refractivity contribution in [3.8, 4) is 0 Å². The smallest absolute Gasteiger partial charge is 0.118 e. The highest BCUT2D eigenvalue weighted by Crippen LogP contribution is 2.35. The summed E-state index contributed by atoms with van der Waals surface area (Å²) in [6.45, 7) is 7.35. The van der Waals surface area contributed by atoms with Crippen molar-refractivity contribution in [3.63, 3.8) is 0 Å². The second-order valence-electron chi connectivity index (χ2n) is 6.45. The molecule has 4 heterocycles. The molecule has 0 aliphatic carbocycles. The molecular formula is C16H24N2O2. The zero-order valence-corrected chi connectivity index (χ0v) is 12.3. The van der Waals surface area contributed by atoms with Gasteiger partial charge in [0, 0.05) is 37.8 Å². The standard InChI is InChI=1S/C16H24N2O2/c1-12-2-3-14(20-12)10-17-7-4-16-15(17)5-8-18(16)13-6-9-19-11-13/h2-3,13,15-16H,4-11H2,1H3/t13-,15-,16+/m0/s1. The van der Waals surface area contributed by atoms with Gasteiger partial charge in [0.15, 0.2) is 0 Å². The monoisotopic (exact) mass is 276 g/mol. The van der Waals surface area contributed by atoms with Gasteiger partial charge in [-0.05, 0) is 38.3 Å². The Kier molecular flexibility index (Phi) is 3.33. The summed E-state index contributed by atoms with van der Waals surface area (Å²) in [6, 6.07) is 6.34. The number of furan rings is 1. The van der Waals surface area contributed by atoms with Gasteiger partial charge in [0.2, 0.25) is 0 Å². The van der Waals surface area contributed by atoms with Crippen molar-refractivity contribution < 1.29 is 9.15 Å². The summed E-state index contributed by atoms with van der Waals surface area (Å²) in [5.41, 5.74) is 0. The number of aryl methyl sites for hydroxylation is 1. The molecule has 0 aromatic carbocycles. The van der Waals surface area contributed by atoms with E-state index in [2.05, 4.69) is 21.9 Å². The number of hydrogen-bond acceptors (Lipinski definition) is 4. The minimum atomic E-state index is 0.677. The summed E-state index contributed by atoms with van der Waals surface area (Å²) < 4.78 is 11.3. The lowest BCUT2D eigenvalue weighted by molar-refractivity contribution is 0.131. The first-order chi connectivity index (χ1) is 9.81. The predicted molar refractivity (Wildman–Crippen MR) is 76.6 cm³/mol. The van der Waals surface area contributed by atoms with Crippen molar-refractivity contribution in [1.29, 1.82) is 0 Å². The van der Waals surface area contributed by atoms with Crippen molar-refractivity contribution in [3.05, 3.63) is 23.7 Å². The van der Waals surface area contributed by atoms with Gasteiger partial charge in [-0.15, -0.1) is 0 Å². The number of nitrogens with zero attached hydrogens (tertiary/aromatic N) is 2. The lowest BCUT2D eigenvalue weighted by atomic mass is 10.1. The SMILES string of the molecule is Cc1ccc(CN2CC[C@@H]3[C@@H]2CCN3[C@H]2CCOC2)o1. The lowest BCUT2D eigenvalue weighted by Gasteiger charge is -2.29. The Morgan fingerprint density at radius 2 is 2.05 bits per heavy atom. The summed E-state index contributed by atoms with van der Waals surface area (Å²) in [7, 11) is 0. The number of fused-ring (bicyclic) bond motifs is 1. The molecule has 4 rings (SSSR count). The molecule has 4 nitrogen and oxygen atoms in total. The molecule has 0 bridgehead atoms. The first kappa shape index (κ1) is 12.9. The summed E-state index contributed by atoms with van der Waals surface area (Å²) >= 11 is 0. The van der Waals surface area contributed by atoms with E-state index in [1.165, 1.54) is 32.4 Å². The molecule has 1 aromatic heterocycles. The molecule has 3 aliphatic rings. The van der Waals surface area contributed by atoms with Crippen LogP contribution in [0.4, 0.5) is 0 Å². The summed E-state index contributed by atoms with van der Waals surface area (Å²) in [4.78, 5) is 5.35. The van der Waals surface area contributed by atoms with E-state index in [0.717, 1.165) is 43.4 Å². The Balaban J connectivity index is 1.42. The third-order valence-electron chi connectivity index (χ3n) is 5.26. The van der Waals surface area contributed by atoms with Crippen LogP contribution in [0.15, 0.2) is 16.5 Å². The average molecular weight is 276 g/mol. The molecule has 0 N–H and O–H groups in total. The van der Waals surface area contributed by atoms with Crippen LogP contribution < -0.4 is 0 Å². The van der Waals surface area contributed by atoms with Gasteiger partial charge in [-0.2, -0.15) is 0 Å². The second-order valence-corrected chi connectivity index (χ2v) is 6.45. The first-order valence-electron chi connectivity index (χ1n) is 7.94. The van der Waals surface area contributed by atoms with E-state index in [9.17, 15) is 0 Å². The number of ether oxygens (including phenoxy) is 1. The van der Waals surface area contributed by atoms with Crippen molar-refractivity contribution in [2.45, 2.75) is 50.9 Å². The normalized spacial score (nSPS) is 35.0. The molecule has 3 fully saturated rings. The molecule has 0 spiro atoms. The van der Waals surface area contributed by atoms with Crippen LogP contribution in [0.5, 0.6) is 0 Å². The number of rotatable bonds is 3. The van der Waals surface area contributed by atoms with Gasteiger partial charge in [0.05, 0.1) is 13.2 Å². The Bertz CT molecular complexity index is 467. The highest BCUT2D eigenvalue weighted by Gasteiger charge is 2.45. The Labute approximate surface area is 120 Å². The van der Waals surface area contributed by atoms with Crippen LogP contribution >= 0.6 is 0 Å². The molecule has 0 radical (unpaired) electrons. The van der Waals surface area contributed by atoms with Crippen LogP contribution in [0, 0.1) is 6.92 Å². The largest absolute Gasteiger partial charge is 0.465 e. The van der Waals surface area contributed by atoms with Crippen LogP contribution in [0.2, 0.25) is 0 Å². The van der Waals surface area contributed by atoms with Gasteiger partial charge in [0.1, 0.15) is 11.5 Å². The molecule has 110 valence electrons. The molecule has 0 saturated carbocycles. The van der Waals surface area contributed by atoms with Crippen LogP contribution in [-0.2, 0) is 11.3 Å². The van der Waals surface area contributed by atoms with Gasteiger partial charge >= 0.3 is 0 Å². The van der Waals surface area contributed by atoms with Gasteiger partial charge in [0.25, 0.3) is 0 Å². The van der Waals surface area contributed by atoms with E-state index in [1.54, 1.807) is 0 Å². The second kappa shape index (κ2) is 5.17. The topological polar surface area (TPSA) is 28.9 Å². The lowest BCUT2D eigenvalue weighted by Crippen LogP contribution is -2.42. The molecule has 4 heteroatoms. The van der Waals surface area contributed by atoms with E-state index in [-0.39, 0.29) is 0 Å². The van der Waals surface area contributed by atoms with E-state index < -0.39 is 0 Å². The minimum absolute atomic E-state index is 0.677. The highest BCUT2D eigenvalue weighted by atomic mass is 16.5. The number of hydrogen-bond donors (Lipinski definition) is 0. The molecule has 0 amide bonds. The summed E-state index contributed by atoms with van der Waals surface area (Å²) in [5, 5.41) is 0.